The molecule has 4 rings (SSSR count). The fourth-order valence-corrected chi connectivity index (χ4v) is 6.01. The van der Waals surface area contributed by atoms with Crippen LogP contribution in [0.2, 0.25) is 0 Å². The normalized spacial score (nSPS) is 19.8. The second-order valence-corrected chi connectivity index (χ2v) is 11.8. The first kappa shape index (κ1) is 26.9. The van der Waals surface area contributed by atoms with E-state index in [1.807, 2.05) is 0 Å². The molecule has 0 atom stereocenters. The highest BCUT2D eigenvalue weighted by atomic mass is 15.2. The number of anilines is 1. The van der Waals surface area contributed by atoms with E-state index in [4.69, 9.17) is 0 Å². The highest BCUT2D eigenvalue weighted by Gasteiger charge is 2.43. The monoisotopic (exact) mass is 493 g/mol. The molecule has 0 fully saturated rings. The first-order chi connectivity index (χ1) is 17.4. The lowest BCUT2D eigenvalue weighted by molar-refractivity contribution is -0.433. The number of hydrogen-bond acceptors (Lipinski definition) is 1. The van der Waals surface area contributed by atoms with E-state index < -0.39 is 0 Å². The van der Waals surface area contributed by atoms with E-state index in [0.29, 0.717) is 0 Å². The maximum absolute atomic E-state index is 2.47. The molecule has 2 aromatic rings. The van der Waals surface area contributed by atoms with Crippen molar-refractivity contribution in [3.63, 3.8) is 0 Å². The molecule has 2 heterocycles. The van der Waals surface area contributed by atoms with E-state index >= 15 is 0 Å². The molecule has 0 aromatic heterocycles. The Balaban J connectivity index is 1.61. The van der Waals surface area contributed by atoms with Crippen molar-refractivity contribution in [3.05, 3.63) is 106 Å². The lowest BCUT2D eigenvalue weighted by Gasteiger charge is -2.25. The summed E-state index contributed by atoms with van der Waals surface area (Å²) in [7, 11) is 0. The first-order valence-electron chi connectivity index (χ1n) is 13.8. The molecule has 37 heavy (non-hydrogen) atoms. The van der Waals surface area contributed by atoms with Crippen molar-refractivity contribution in [1.29, 1.82) is 0 Å². The number of allylic oxidation sites excluding steroid dienone is 8. The molecular weight excluding hydrogens is 448 g/mol. The van der Waals surface area contributed by atoms with Crippen LogP contribution in [0.3, 0.4) is 0 Å². The van der Waals surface area contributed by atoms with Crippen LogP contribution in [-0.2, 0) is 10.8 Å². The first-order valence-corrected chi connectivity index (χ1v) is 13.8. The summed E-state index contributed by atoms with van der Waals surface area (Å²) < 4.78 is 2.47. The molecule has 0 bridgehead atoms. The lowest BCUT2D eigenvalue weighted by Crippen LogP contribution is -2.27. The zero-order valence-electron chi connectivity index (χ0n) is 24.7. The van der Waals surface area contributed by atoms with Crippen LogP contribution in [0.15, 0.2) is 83.6 Å². The van der Waals surface area contributed by atoms with Crippen LogP contribution in [0.1, 0.15) is 77.6 Å². The van der Waals surface area contributed by atoms with Gasteiger partial charge in [-0.2, -0.15) is 4.58 Å². The van der Waals surface area contributed by atoms with Gasteiger partial charge in [-0.25, -0.2) is 0 Å². The minimum atomic E-state index is -0.00661. The number of benzene rings is 2. The van der Waals surface area contributed by atoms with Gasteiger partial charge in [-0.05, 0) is 90.3 Å². The molecule has 0 radical (unpaired) electrons. The summed E-state index contributed by atoms with van der Waals surface area (Å²) >= 11 is 0. The Morgan fingerprint density at radius 3 is 2.11 bits per heavy atom. The van der Waals surface area contributed by atoms with Gasteiger partial charge in [0.1, 0.15) is 6.54 Å². The van der Waals surface area contributed by atoms with Crippen molar-refractivity contribution in [2.24, 2.45) is 0 Å². The predicted octanol–water partition coefficient (Wildman–Crippen LogP) is 8.85. The van der Waals surface area contributed by atoms with Crippen molar-refractivity contribution in [2.75, 3.05) is 18.0 Å². The Morgan fingerprint density at radius 2 is 1.46 bits per heavy atom. The summed E-state index contributed by atoms with van der Waals surface area (Å²) in [6.07, 6.45) is 11.4. The minimum Gasteiger partial charge on any atom is -0.344 e. The van der Waals surface area contributed by atoms with Gasteiger partial charge in [-0.15, -0.1) is 0 Å². The molecule has 2 aliphatic heterocycles. The van der Waals surface area contributed by atoms with Gasteiger partial charge in [0.25, 0.3) is 0 Å². The van der Waals surface area contributed by atoms with Crippen LogP contribution in [0, 0.1) is 13.8 Å². The SMILES string of the molecule is CCN1C(=CC=CC(C)=C(C)C=CC2=[N+](CC)c3ccc(C)cc3C2(C)C)C(C)(C)c2cc(C)ccc21. The van der Waals surface area contributed by atoms with Crippen LogP contribution in [0.5, 0.6) is 0 Å². The summed E-state index contributed by atoms with van der Waals surface area (Å²) in [6, 6.07) is 13.7. The van der Waals surface area contributed by atoms with Gasteiger partial charge >= 0.3 is 0 Å². The minimum absolute atomic E-state index is 0.00403. The molecule has 0 unspecified atom stereocenters. The zero-order valence-corrected chi connectivity index (χ0v) is 24.7. The van der Waals surface area contributed by atoms with E-state index in [1.165, 1.54) is 56.2 Å². The van der Waals surface area contributed by atoms with E-state index in [1.54, 1.807) is 0 Å². The molecule has 2 aliphatic rings. The number of aryl methyl sites for hydroxylation is 2. The number of hydrogen-bond donors (Lipinski definition) is 0. The smallest absolute Gasteiger partial charge is 0.209 e. The Kier molecular flexibility index (Phi) is 7.25. The summed E-state index contributed by atoms with van der Waals surface area (Å²) in [6.45, 7) is 24.6. The topological polar surface area (TPSA) is 6.25 Å². The molecule has 0 amide bonds. The molecule has 0 N–H and O–H groups in total. The molecule has 2 aromatic carbocycles. The average Bonchev–Trinajstić information content (AvgIpc) is 3.19. The Labute approximate surface area is 225 Å². The summed E-state index contributed by atoms with van der Waals surface area (Å²) in [5.74, 6) is 0. The van der Waals surface area contributed by atoms with Gasteiger partial charge in [0, 0.05) is 41.1 Å². The molecular formula is C35H45N2+. The maximum atomic E-state index is 2.47. The summed E-state index contributed by atoms with van der Waals surface area (Å²) in [4.78, 5) is 2.46. The quantitative estimate of drug-likeness (QED) is 0.288. The molecule has 194 valence electrons. The average molecular weight is 494 g/mol. The number of likely N-dealkylation sites (N-methyl/N-ethyl adjacent to an activating group) is 1. The second kappa shape index (κ2) is 9.97. The van der Waals surface area contributed by atoms with Crippen LogP contribution < -0.4 is 4.90 Å². The van der Waals surface area contributed by atoms with E-state index in [0.717, 1.165) is 13.1 Å². The van der Waals surface area contributed by atoms with Gasteiger partial charge in [0.15, 0.2) is 5.71 Å². The Bertz CT molecular complexity index is 1370. The standard InChI is InChI=1S/C35H45N2/c1-11-36-30-19-16-24(3)22-28(30)34(7,8)32(36)15-13-14-26(5)27(6)18-21-33-35(9,10)29-23-25(4)17-20-31(29)37(33)12-2/h13-23H,11-12H2,1-10H3/q+1. The van der Waals surface area contributed by atoms with Crippen LogP contribution in [0.25, 0.3) is 0 Å². The van der Waals surface area contributed by atoms with Gasteiger partial charge in [-0.3, -0.25) is 0 Å². The van der Waals surface area contributed by atoms with Crippen LogP contribution >= 0.6 is 0 Å². The highest BCUT2D eigenvalue weighted by molar-refractivity contribution is 6.03. The Morgan fingerprint density at radius 1 is 0.838 bits per heavy atom. The third-order valence-corrected chi connectivity index (χ3v) is 8.44. The third kappa shape index (κ3) is 4.67. The van der Waals surface area contributed by atoms with E-state index in [2.05, 4.69) is 145 Å². The number of nitrogens with zero attached hydrogens (tertiary/aromatic N) is 2. The number of fused-ring (bicyclic) bond motifs is 2. The van der Waals surface area contributed by atoms with Gasteiger partial charge in [0.05, 0.1) is 5.41 Å². The summed E-state index contributed by atoms with van der Waals surface area (Å²) in [5, 5.41) is 0. The Hall–Kier alpha value is -3.13. The van der Waals surface area contributed by atoms with E-state index in [9.17, 15) is 0 Å². The molecule has 0 aliphatic carbocycles. The van der Waals surface area contributed by atoms with Crippen LogP contribution in [0.4, 0.5) is 11.4 Å². The largest absolute Gasteiger partial charge is 0.344 e. The van der Waals surface area contributed by atoms with Gasteiger partial charge < -0.3 is 4.90 Å². The van der Waals surface area contributed by atoms with Crippen molar-refractivity contribution in [1.82, 2.24) is 0 Å². The van der Waals surface area contributed by atoms with Crippen LogP contribution in [-0.4, -0.2) is 23.4 Å². The van der Waals surface area contributed by atoms with Gasteiger partial charge in [0.2, 0.25) is 5.69 Å². The summed E-state index contributed by atoms with van der Waals surface area (Å²) in [5.41, 5.74) is 13.5. The zero-order chi connectivity index (χ0) is 27.1. The van der Waals surface area contributed by atoms with Crippen molar-refractivity contribution < 1.29 is 4.58 Å². The fraction of sp³-hybridized carbons (Fsp3) is 0.400. The maximum Gasteiger partial charge on any atom is 0.209 e. The van der Waals surface area contributed by atoms with Crippen molar-refractivity contribution >= 4 is 17.1 Å². The van der Waals surface area contributed by atoms with Crippen molar-refractivity contribution in [2.45, 2.75) is 80.1 Å². The highest BCUT2D eigenvalue weighted by Crippen LogP contribution is 2.48. The van der Waals surface area contributed by atoms with Crippen molar-refractivity contribution in [3.8, 4) is 0 Å². The fourth-order valence-electron chi connectivity index (χ4n) is 6.01. The second-order valence-electron chi connectivity index (χ2n) is 11.8. The number of rotatable bonds is 6. The lowest BCUT2D eigenvalue weighted by atomic mass is 9.80. The molecule has 0 spiro atoms. The molecule has 0 saturated heterocycles. The van der Waals surface area contributed by atoms with Gasteiger partial charge in [-0.1, -0.05) is 61.4 Å². The predicted molar refractivity (Wildman–Crippen MR) is 162 cm³/mol. The van der Waals surface area contributed by atoms with E-state index in [-0.39, 0.29) is 10.8 Å². The molecule has 2 heteroatoms. The molecule has 2 nitrogen and oxygen atoms in total. The molecule has 0 saturated carbocycles. The third-order valence-electron chi connectivity index (χ3n) is 8.44.